The third-order valence-corrected chi connectivity index (χ3v) is 5.69. The number of nitrogens with one attached hydrogen (secondary N) is 2. The molecule has 25 heavy (non-hydrogen) atoms. The Labute approximate surface area is 146 Å². The van der Waals surface area contributed by atoms with Crippen molar-refractivity contribution in [3.63, 3.8) is 0 Å². The lowest BCUT2D eigenvalue weighted by Crippen LogP contribution is -2.46. The van der Waals surface area contributed by atoms with Crippen LogP contribution < -0.4 is 14.9 Å². The molecule has 0 radical (unpaired) electrons. The van der Waals surface area contributed by atoms with Gasteiger partial charge in [-0.05, 0) is 23.4 Å². The molecule has 0 spiro atoms. The highest BCUT2D eigenvalue weighted by molar-refractivity contribution is 7.93. The molecule has 2 N–H and O–H groups in total. The summed E-state index contributed by atoms with van der Waals surface area (Å²) in [7, 11) is -3.81. The third-order valence-electron chi connectivity index (χ3n) is 3.89. The molecule has 2 aromatic rings. The molecule has 0 atom stereocenters. The Morgan fingerprint density at radius 1 is 1.12 bits per heavy atom. The van der Waals surface area contributed by atoms with Crippen molar-refractivity contribution in [2.75, 3.05) is 17.4 Å². The zero-order valence-corrected chi connectivity index (χ0v) is 14.8. The van der Waals surface area contributed by atoms with Crippen LogP contribution in [0.3, 0.4) is 0 Å². The number of hydrogen-bond donors (Lipinski definition) is 2. The number of benzene rings is 2. The Hall–Kier alpha value is -2.61. The van der Waals surface area contributed by atoms with E-state index < -0.39 is 28.5 Å². The van der Waals surface area contributed by atoms with Crippen LogP contribution >= 0.6 is 0 Å². The van der Waals surface area contributed by atoms with E-state index in [2.05, 4.69) is 10.6 Å². The van der Waals surface area contributed by atoms with Gasteiger partial charge < -0.3 is 5.32 Å². The van der Waals surface area contributed by atoms with E-state index in [9.17, 15) is 18.0 Å². The van der Waals surface area contributed by atoms with Gasteiger partial charge in [-0.1, -0.05) is 38.1 Å². The summed E-state index contributed by atoms with van der Waals surface area (Å²) in [6.07, 6.45) is 0. The average molecular weight is 361 g/mol. The molecule has 1 heterocycles. The highest BCUT2D eigenvalue weighted by atomic mass is 32.2. The Morgan fingerprint density at radius 3 is 2.48 bits per heavy atom. The van der Waals surface area contributed by atoms with Crippen molar-refractivity contribution >= 4 is 38.4 Å². The van der Waals surface area contributed by atoms with E-state index in [1.807, 2.05) is 26.0 Å². The molecule has 132 valence electrons. The van der Waals surface area contributed by atoms with E-state index in [1.165, 1.54) is 6.07 Å². The lowest BCUT2D eigenvalue weighted by atomic mass is 10.1. The largest absolute Gasteiger partial charge is 0.338 e. The van der Waals surface area contributed by atoms with Gasteiger partial charge in [-0.25, -0.2) is 13.2 Å². The molecule has 0 unspecified atom stereocenters. The van der Waals surface area contributed by atoms with Crippen LogP contribution in [-0.2, 0) is 14.8 Å². The number of nitrogens with zero attached hydrogens (tertiary/aromatic N) is 1. The summed E-state index contributed by atoms with van der Waals surface area (Å²) in [5, 5.41) is 6.11. The summed E-state index contributed by atoms with van der Waals surface area (Å²) in [6, 6.07) is 9.59. The molecule has 0 fully saturated rings. The molecular weight excluding hydrogens is 342 g/mol. The van der Waals surface area contributed by atoms with Crippen molar-refractivity contribution in [1.29, 1.82) is 0 Å². The van der Waals surface area contributed by atoms with Crippen molar-refractivity contribution in [3.05, 3.63) is 36.4 Å². The van der Waals surface area contributed by atoms with Crippen LogP contribution in [0.5, 0.6) is 0 Å². The van der Waals surface area contributed by atoms with Crippen molar-refractivity contribution in [2.45, 2.75) is 18.7 Å². The number of urea groups is 1. The zero-order chi connectivity index (χ0) is 18.2. The molecule has 8 heteroatoms. The number of carbonyl (C=O) groups excluding carboxylic acids is 2. The zero-order valence-electron chi connectivity index (χ0n) is 13.9. The molecule has 3 amide bonds. The van der Waals surface area contributed by atoms with Crippen LogP contribution in [0, 0.1) is 5.92 Å². The van der Waals surface area contributed by atoms with Gasteiger partial charge in [0.15, 0.2) is 0 Å². The maximum absolute atomic E-state index is 12.7. The predicted molar refractivity (Wildman–Crippen MR) is 94.9 cm³/mol. The maximum Gasteiger partial charge on any atom is 0.321 e. The van der Waals surface area contributed by atoms with Crippen LogP contribution in [0.4, 0.5) is 10.5 Å². The van der Waals surface area contributed by atoms with Crippen molar-refractivity contribution < 1.29 is 18.0 Å². The minimum absolute atomic E-state index is 0.178. The molecule has 0 saturated carbocycles. The van der Waals surface area contributed by atoms with E-state index in [0.717, 1.165) is 9.69 Å². The topological polar surface area (TPSA) is 95.6 Å². The molecule has 7 nitrogen and oxygen atoms in total. The summed E-state index contributed by atoms with van der Waals surface area (Å²) < 4.78 is 26.5. The van der Waals surface area contributed by atoms with Gasteiger partial charge in [-0.2, -0.15) is 0 Å². The Kier molecular flexibility index (Phi) is 4.38. The van der Waals surface area contributed by atoms with Crippen LogP contribution in [-0.4, -0.2) is 33.4 Å². The summed E-state index contributed by atoms with van der Waals surface area (Å²) in [6.45, 7) is 3.82. The van der Waals surface area contributed by atoms with Crippen LogP contribution in [0.15, 0.2) is 41.3 Å². The lowest BCUT2D eigenvalue weighted by Gasteiger charge is -2.18. The number of carbonyl (C=O) groups is 2. The van der Waals surface area contributed by atoms with Gasteiger partial charge in [-0.3, -0.25) is 14.4 Å². The first-order valence-corrected chi connectivity index (χ1v) is 9.37. The van der Waals surface area contributed by atoms with Crippen LogP contribution in [0.1, 0.15) is 13.8 Å². The lowest BCUT2D eigenvalue weighted by molar-refractivity contribution is -0.118. The highest BCUT2D eigenvalue weighted by Gasteiger charge is 2.36. The van der Waals surface area contributed by atoms with Crippen molar-refractivity contribution in [2.24, 2.45) is 5.92 Å². The summed E-state index contributed by atoms with van der Waals surface area (Å²) >= 11 is 0. The van der Waals surface area contributed by atoms with E-state index in [-0.39, 0.29) is 10.8 Å². The number of rotatable bonds is 4. The summed E-state index contributed by atoms with van der Waals surface area (Å²) in [5.74, 6) is -0.443. The van der Waals surface area contributed by atoms with E-state index >= 15 is 0 Å². The second-order valence-corrected chi connectivity index (χ2v) is 8.13. The van der Waals surface area contributed by atoms with Crippen LogP contribution in [0.25, 0.3) is 10.8 Å². The van der Waals surface area contributed by atoms with Crippen molar-refractivity contribution in [1.82, 2.24) is 10.6 Å². The Morgan fingerprint density at radius 2 is 1.80 bits per heavy atom. The maximum atomic E-state index is 12.7. The fraction of sp³-hybridized carbons (Fsp3) is 0.294. The number of hydrogen-bond acceptors (Lipinski definition) is 4. The number of anilines is 1. The fourth-order valence-electron chi connectivity index (χ4n) is 2.77. The first kappa shape index (κ1) is 17.2. The minimum atomic E-state index is -3.81. The van der Waals surface area contributed by atoms with Gasteiger partial charge in [0.2, 0.25) is 5.91 Å². The summed E-state index contributed by atoms with van der Waals surface area (Å²) in [5.41, 5.74) is 0.450. The SMILES string of the molecule is CC(C)CNC(=O)NC(=O)CN1c2cccc3cccc(c23)S1(=O)=O. The average Bonchev–Trinajstić information content (AvgIpc) is 2.77. The molecule has 0 saturated heterocycles. The normalized spacial score (nSPS) is 14.8. The minimum Gasteiger partial charge on any atom is -0.338 e. The Balaban J connectivity index is 1.81. The predicted octanol–water partition coefficient (Wildman–Crippen LogP) is 1.83. The van der Waals surface area contributed by atoms with Crippen LogP contribution in [0.2, 0.25) is 0 Å². The molecule has 2 aromatic carbocycles. The van der Waals surface area contributed by atoms with E-state index in [4.69, 9.17) is 0 Å². The fourth-order valence-corrected chi connectivity index (χ4v) is 4.43. The summed E-state index contributed by atoms with van der Waals surface area (Å²) in [4.78, 5) is 24.0. The van der Waals surface area contributed by atoms with Gasteiger partial charge in [0, 0.05) is 11.9 Å². The van der Waals surface area contributed by atoms with Crippen molar-refractivity contribution in [3.8, 4) is 0 Å². The molecule has 1 aliphatic heterocycles. The number of amides is 3. The number of imide groups is 1. The van der Waals surface area contributed by atoms with Gasteiger partial charge >= 0.3 is 6.03 Å². The second-order valence-electron chi connectivity index (χ2n) is 6.30. The van der Waals surface area contributed by atoms with Gasteiger partial charge in [0.1, 0.15) is 6.54 Å². The van der Waals surface area contributed by atoms with Gasteiger partial charge in [-0.15, -0.1) is 0 Å². The first-order valence-electron chi connectivity index (χ1n) is 7.93. The third kappa shape index (κ3) is 3.17. The highest BCUT2D eigenvalue weighted by Crippen LogP contribution is 2.41. The molecule has 3 rings (SSSR count). The van der Waals surface area contributed by atoms with Gasteiger partial charge in [0.25, 0.3) is 10.0 Å². The number of sulfonamides is 1. The standard InChI is InChI=1S/C17H19N3O4S/c1-11(2)9-18-17(22)19-15(21)10-20-13-7-3-5-12-6-4-8-14(16(12)13)25(20,23)24/h3-8,11H,9-10H2,1-2H3,(H2,18,19,21,22). The first-order chi connectivity index (χ1) is 11.8. The smallest absolute Gasteiger partial charge is 0.321 e. The van der Waals surface area contributed by atoms with E-state index in [0.29, 0.717) is 17.6 Å². The van der Waals surface area contributed by atoms with E-state index in [1.54, 1.807) is 18.2 Å². The molecular formula is C17H19N3O4S. The second kappa shape index (κ2) is 6.36. The Bertz CT molecular complexity index is 948. The molecule has 1 aliphatic rings. The molecule has 0 aromatic heterocycles. The quantitative estimate of drug-likeness (QED) is 0.868. The monoisotopic (exact) mass is 361 g/mol. The molecule has 0 bridgehead atoms. The van der Waals surface area contributed by atoms with Gasteiger partial charge in [0.05, 0.1) is 10.6 Å². The molecule has 0 aliphatic carbocycles.